The Balaban J connectivity index is 1.99. The van der Waals surface area contributed by atoms with E-state index in [0.29, 0.717) is 0 Å². The molecule has 0 aromatic carbocycles. The van der Waals surface area contributed by atoms with Crippen molar-refractivity contribution in [2.24, 2.45) is 0 Å². The fourth-order valence-electron chi connectivity index (χ4n) is 3.79. The second-order valence-corrected chi connectivity index (χ2v) is 7.96. The van der Waals surface area contributed by atoms with Gasteiger partial charge in [-0.15, -0.1) is 0 Å². The van der Waals surface area contributed by atoms with Gasteiger partial charge in [0.15, 0.2) is 0 Å². The molecular weight excluding hydrogens is 302 g/mol. The van der Waals surface area contributed by atoms with Crippen LogP contribution in [0, 0.1) is 0 Å². The minimum absolute atomic E-state index is 1.28. The summed E-state index contributed by atoms with van der Waals surface area (Å²) in [5.74, 6) is 0. The number of nitrogens with one attached hydrogen (secondary N) is 1. The van der Waals surface area contributed by atoms with Crippen molar-refractivity contribution in [2.45, 2.75) is 129 Å². The quantitative estimate of drug-likeness (QED) is 0.257. The first-order valence-electron chi connectivity index (χ1n) is 11.5. The predicted molar refractivity (Wildman–Crippen MR) is 113 cm³/mol. The Morgan fingerprint density at radius 1 is 0.480 bits per heavy atom. The Labute approximate surface area is 158 Å². The number of H-pyrrole nitrogens is 1. The van der Waals surface area contributed by atoms with Gasteiger partial charge in [-0.05, 0) is 36.8 Å². The molecule has 1 heteroatoms. The zero-order valence-corrected chi connectivity index (χ0v) is 17.4. The summed E-state index contributed by atoms with van der Waals surface area (Å²) in [7, 11) is 0. The fraction of sp³-hybridized carbons (Fsp3) is 0.833. The number of unbranched alkanes of at least 4 members (excludes halogenated alkanes) is 14. The Morgan fingerprint density at radius 2 is 0.800 bits per heavy atom. The third-order valence-electron chi connectivity index (χ3n) is 5.53. The van der Waals surface area contributed by atoms with E-state index in [1.54, 1.807) is 11.1 Å². The first-order chi connectivity index (χ1) is 12.4. The highest BCUT2D eigenvalue weighted by Gasteiger charge is 2.04. The minimum atomic E-state index is 1.28. The predicted octanol–water partition coefficient (Wildman–Crippen LogP) is 8.38. The molecule has 0 saturated heterocycles. The molecule has 0 fully saturated rings. The first-order valence-corrected chi connectivity index (χ1v) is 11.5. The molecule has 0 bridgehead atoms. The number of hydrogen-bond donors (Lipinski definition) is 1. The van der Waals surface area contributed by atoms with Gasteiger partial charge in [0, 0.05) is 12.4 Å². The molecule has 0 saturated carbocycles. The number of hydrogen-bond acceptors (Lipinski definition) is 0. The van der Waals surface area contributed by atoms with Crippen molar-refractivity contribution >= 4 is 0 Å². The van der Waals surface area contributed by atoms with Crippen molar-refractivity contribution in [2.75, 3.05) is 0 Å². The minimum Gasteiger partial charge on any atom is -0.367 e. The molecule has 1 aromatic rings. The molecule has 1 rings (SSSR count). The van der Waals surface area contributed by atoms with Gasteiger partial charge in [0.1, 0.15) is 0 Å². The van der Waals surface area contributed by atoms with Crippen LogP contribution in [0.1, 0.15) is 128 Å². The number of rotatable bonds is 18. The van der Waals surface area contributed by atoms with Gasteiger partial charge in [0.25, 0.3) is 0 Å². The van der Waals surface area contributed by atoms with Crippen LogP contribution < -0.4 is 0 Å². The van der Waals surface area contributed by atoms with E-state index in [4.69, 9.17) is 0 Å². The summed E-state index contributed by atoms with van der Waals surface area (Å²) >= 11 is 0. The van der Waals surface area contributed by atoms with Crippen molar-refractivity contribution < 1.29 is 0 Å². The Bertz CT molecular complexity index is 379. The lowest BCUT2D eigenvalue weighted by molar-refractivity contribution is 0.564. The molecule has 0 atom stereocenters. The smallest absolute Gasteiger partial charge is 0.00401 e. The van der Waals surface area contributed by atoms with Crippen molar-refractivity contribution in [3.63, 3.8) is 0 Å². The number of aromatic amines is 1. The monoisotopic (exact) mass is 347 g/mol. The lowest BCUT2D eigenvalue weighted by Gasteiger charge is -2.05. The fourth-order valence-corrected chi connectivity index (χ4v) is 3.79. The van der Waals surface area contributed by atoms with E-state index in [1.807, 2.05) is 0 Å². The highest BCUT2D eigenvalue weighted by molar-refractivity contribution is 5.23. The molecule has 0 radical (unpaired) electrons. The zero-order chi connectivity index (χ0) is 18.0. The molecule has 0 unspecified atom stereocenters. The summed E-state index contributed by atoms with van der Waals surface area (Å²) in [6, 6.07) is 0. The number of aromatic nitrogens is 1. The van der Waals surface area contributed by atoms with Crippen LogP contribution >= 0.6 is 0 Å². The topological polar surface area (TPSA) is 15.8 Å². The van der Waals surface area contributed by atoms with Gasteiger partial charge >= 0.3 is 0 Å². The maximum atomic E-state index is 3.35. The molecule has 0 aliphatic heterocycles. The molecule has 0 amide bonds. The van der Waals surface area contributed by atoms with E-state index < -0.39 is 0 Å². The van der Waals surface area contributed by atoms with E-state index in [-0.39, 0.29) is 0 Å². The van der Waals surface area contributed by atoms with Crippen LogP contribution in [0.15, 0.2) is 12.4 Å². The second kappa shape index (κ2) is 16.7. The number of aryl methyl sites for hydroxylation is 2. The summed E-state index contributed by atoms with van der Waals surface area (Å²) in [6.07, 6.45) is 29.7. The summed E-state index contributed by atoms with van der Waals surface area (Å²) in [6.45, 7) is 4.59. The molecule has 1 heterocycles. The van der Waals surface area contributed by atoms with Gasteiger partial charge in [-0.2, -0.15) is 0 Å². The summed E-state index contributed by atoms with van der Waals surface area (Å²) in [5, 5.41) is 0. The Morgan fingerprint density at radius 3 is 1.16 bits per heavy atom. The van der Waals surface area contributed by atoms with Crippen LogP contribution in [0.4, 0.5) is 0 Å². The lowest BCUT2D eigenvalue weighted by Crippen LogP contribution is -1.92. The first kappa shape index (κ1) is 22.3. The van der Waals surface area contributed by atoms with E-state index in [9.17, 15) is 0 Å². The largest absolute Gasteiger partial charge is 0.367 e. The normalized spacial score (nSPS) is 11.3. The zero-order valence-electron chi connectivity index (χ0n) is 17.4. The molecule has 1 nitrogen and oxygen atoms in total. The van der Waals surface area contributed by atoms with E-state index in [2.05, 4.69) is 31.2 Å². The van der Waals surface area contributed by atoms with E-state index in [1.165, 1.54) is 116 Å². The van der Waals surface area contributed by atoms with Crippen molar-refractivity contribution in [1.82, 2.24) is 4.98 Å². The maximum absolute atomic E-state index is 3.35. The third-order valence-corrected chi connectivity index (χ3v) is 5.53. The van der Waals surface area contributed by atoms with Gasteiger partial charge in [-0.3, -0.25) is 0 Å². The highest BCUT2D eigenvalue weighted by Crippen LogP contribution is 2.17. The van der Waals surface area contributed by atoms with Crippen LogP contribution in [0.3, 0.4) is 0 Å². The van der Waals surface area contributed by atoms with Gasteiger partial charge in [0.2, 0.25) is 0 Å². The van der Waals surface area contributed by atoms with Crippen LogP contribution in [0.25, 0.3) is 0 Å². The molecule has 0 aliphatic carbocycles. The SMILES string of the molecule is CCCCCCCCCCCc1c[nH]cc1CCCCCCCCC. The Hall–Kier alpha value is -0.720. The van der Waals surface area contributed by atoms with Crippen LogP contribution in [0.5, 0.6) is 0 Å². The van der Waals surface area contributed by atoms with Crippen LogP contribution in [-0.4, -0.2) is 4.98 Å². The van der Waals surface area contributed by atoms with Crippen molar-refractivity contribution in [1.29, 1.82) is 0 Å². The molecule has 146 valence electrons. The van der Waals surface area contributed by atoms with E-state index in [0.717, 1.165) is 0 Å². The average Bonchev–Trinajstić information content (AvgIpc) is 3.07. The van der Waals surface area contributed by atoms with Crippen molar-refractivity contribution in [3.8, 4) is 0 Å². The summed E-state index contributed by atoms with van der Waals surface area (Å²) in [4.78, 5) is 3.35. The van der Waals surface area contributed by atoms with Gasteiger partial charge in [-0.1, -0.05) is 104 Å². The summed E-state index contributed by atoms with van der Waals surface area (Å²) < 4.78 is 0. The van der Waals surface area contributed by atoms with E-state index >= 15 is 0 Å². The average molecular weight is 348 g/mol. The molecule has 25 heavy (non-hydrogen) atoms. The Kier molecular flexibility index (Phi) is 14.9. The standard InChI is InChI=1S/C24H45N/c1-3-5-7-9-11-12-14-16-18-20-24-22-25-21-23(24)19-17-15-13-10-8-6-4-2/h21-22,25H,3-20H2,1-2H3. The molecule has 1 aromatic heterocycles. The van der Waals surface area contributed by atoms with Gasteiger partial charge in [-0.25, -0.2) is 0 Å². The molecule has 0 spiro atoms. The molecule has 0 aliphatic rings. The van der Waals surface area contributed by atoms with Crippen LogP contribution in [0.2, 0.25) is 0 Å². The third kappa shape index (κ3) is 12.3. The van der Waals surface area contributed by atoms with Gasteiger partial charge < -0.3 is 4.98 Å². The summed E-state index contributed by atoms with van der Waals surface area (Å²) in [5.41, 5.74) is 3.18. The lowest BCUT2D eigenvalue weighted by atomic mass is 10.00. The van der Waals surface area contributed by atoms with Crippen molar-refractivity contribution in [3.05, 3.63) is 23.5 Å². The van der Waals surface area contributed by atoms with Crippen LogP contribution in [-0.2, 0) is 12.8 Å². The highest BCUT2D eigenvalue weighted by atomic mass is 14.6. The van der Waals surface area contributed by atoms with Gasteiger partial charge in [0.05, 0.1) is 0 Å². The molecule has 1 N–H and O–H groups in total. The molecular formula is C24H45N. The maximum Gasteiger partial charge on any atom is 0.00401 e. The second-order valence-electron chi connectivity index (χ2n) is 7.96.